The van der Waals surface area contributed by atoms with Crippen molar-refractivity contribution in [2.45, 2.75) is 13.5 Å². The summed E-state index contributed by atoms with van der Waals surface area (Å²) in [6, 6.07) is 0. The summed E-state index contributed by atoms with van der Waals surface area (Å²) < 4.78 is 6.67. The molecule has 0 aliphatic carbocycles. The first-order chi connectivity index (χ1) is 7.74. The zero-order valence-corrected chi connectivity index (χ0v) is 9.69. The normalized spacial score (nSPS) is 10.1. The maximum atomic E-state index is 10.9. The number of imidazole rings is 1. The first-order valence-corrected chi connectivity index (χ1v) is 5.31. The van der Waals surface area contributed by atoms with Crippen molar-refractivity contribution in [2.75, 3.05) is 19.7 Å². The highest BCUT2D eigenvalue weighted by Gasteiger charge is 1.99. The zero-order chi connectivity index (χ0) is 11.8. The number of nitrogens with one attached hydrogen (secondary N) is 2. The Morgan fingerprint density at radius 3 is 3.00 bits per heavy atom. The number of amides is 1. The average molecular weight is 226 g/mol. The Bertz CT molecular complexity index is 324. The Morgan fingerprint density at radius 1 is 1.56 bits per heavy atom. The second-order valence-corrected chi connectivity index (χ2v) is 3.28. The zero-order valence-electron chi connectivity index (χ0n) is 9.69. The van der Waals surface area contributed by atoms with Crippen molar-refractivity contribution < 1.29 is 9.53 Å². The lowest BCUT2D eigenvalue weighted by atomic mass is 10.5. The average Bonchev–Trinajstić information content (AvgIpc) is 2.64. The Balaban J connectivity index is 2.04. The van der Waals surface area contributed by atoms with Crippen LogP contribution in [0.1, 0.15) is 12.7 Å². The van der Waals surface area contributed by atoms with Gasteiger partial charge < -0.3 is 19.9 Å². The number of alkyl carbamates (subject to hydrolysis) is 1. The Kier molecular flexibility index (Phi) is 5.35. The van der Waals surface area contributed by atoms with E-state index in [0.29, 0.717) is 26.2 Å². The Morgan fingerprint density at radius 2 is 2.38 bits per heavy atom. The van der Waals surface area contributed by atoms with Crippen LogP contribution >= 0.6 is 0 Å². The van der Waals surface area contributed by atoms with E-state index in [1.165, 1.54) is 0 Å². The third-order valence-electron chi connectivity index (χ3n) is 2.05. The van der Waals surface area contributed by atoms with Gasteiger partial charge in [-0.3, -0.25) is 0 Å². The van der Waals surface area contributed by atoms with Crippen molar-refractivity contribution in [1.82, 2.24) is 20.2 Å². The molecule has 6 heteroatoms. The van der Waals surface area contributed by atoms with Gasteiger partial charge in [-0.15, -0.1) is 0 Å². The fraction of sp³-hybridized carbons (Fsp3) is 0.600. The second-order valence-electron chi connectivity index (χ2n) is 3.28. The van der Waals surface area contributed by atoms with Crippen LogP contribution in [0.3, 0.4) is 0 Å². The highest BCUT2D eigenvalue weighted by molar-refractivity contribution is 5.66. The number of hydrogen-bond acceptors (Lipinski definition) is 4. The summed E-state index contributed by atoms with van der Waals surface area (Å²) in [6.07, 6.45) is 3.28. The van der Waals surface area contributed by atoms with Crippen LogP contribution in [-0.4, -0.2) is 35.3 Å². The number of carbonyl (C=O) groups is 1. The number of aromatic nitrogens is 2. The SMILES string of the molecule is CCOC(=O)NCCNCc1nccn1C. The molecule has 1 aromatic heterocycles. The number of nitrogens with zero attached hydrogens (tertiary/aromatic N) is 2. The molecule has 16 heavy (non-hydrogen) atoms. The lowest BCUT2D eigenvalue weighted by Gasteiger charge is -2.06. The van der Waals surface area contributed by atoms with Crippen LogP contribution in [0.4, 0.5) is 4.79 Å². The third kappa shape index (κ3) is 4.31. The molecule has 0 saturated heterocycles. The van der Waals surface area contributed by atoms with Crippen LogP contribution in [0, 0.1) is 0 Å². The van der Waals surface area contributed by atoms with Crippen molar-refractivity contribution in [1.29, 1.82) is 0 Å². The van der Waals surface area contributed by atoms with Gasteiger partial charge in [0.2, 0.25) is 0 Å². The molecule has 0 unspecified atom stereocenters. The molecule has 0 bridgehead atoms. The highest BCUT2D eigenvalue weighted by atomic mass is 16.5. The molecule has 0 saturated carbocycles. The van der Waals surface area contributed by atoms with Crippen LogP contribution in [0.5, 0.6) is 0 Å². The quantitative estimate of drug-likeness (QED) is 0.683. The number of carbonyl (C=O) groups excluding carboxylic acids is 1. The molecule has 90 valence electrons. The Hall–Kier alpha value is -1.56. The van der Waals surface area contributed by atoms with Crippen LogP contribution in [-0.2, 0) is 18.3 Å². The van der Waals surface area contributed by atoms with Gasteiger partial charge in [0.1, 0.15) is 5.82 Å². The second kappa shape index (κ2) is 6.84. The lowest BCUT2D eigenvalue weighted by molar-refractivity contribution is 0.152. The summed E-state index contributed by atoms with van der Waals surface area (Å²) in [6.45, 7) is 4.09. The van der Waals surface area contributed by atoms with E-state index in [1.807, 2.05) is 17.8 Å². The van der Waals surface area contributed by atoms with Gasteiger partial charge in [-0.05, 0) is 6.92 Å². The molecule has 0 aromatic carbocycles. The molecular weight excluding hydrogens is 208 g/mol. The van der Waals surface area contributed by atoms with Gasteiger partial charge in [0.25, 0.3) is 0 Å². The summed E-state index contributed by atoms with van der Waals surface area (Å²) >= 11 is 0. The molecule has 1 aromatic rings. The first kappa shape index (κ1) is 12.5. The monoisotopic (exact) mass is 226 g/mol. The van der Waals surface area contributed by atoms with E-state index in [-0.39, 0.29) is 6.09 Å². The molecule has 0 radical (unpaired) electrons. The van der Waals surface area contributed by atoms with E-state index in [9.17, 15) is 4.79 Å². The van der Waals surface area contributed by atoms with Gasteiger partial charge in [-0.2, -0.15) is 0 Å². The molecule has 0 aliphatic rings. The Labute approximate surface area is 95.0 Å². The van der Waals surface area contributed by atoms with Crippen LogP contribution in [0.2, 0.25) is 0 Å². The van der Waals surface area contributed by atoms with Gasteiger partial charge in [-0.1, -0.05) is 0 Å². The van der Waals surface area contributed by atoms with Crippen molar-refractivity contribution in [3.05, 3.63) is 18.2 Å². The van der Waals surface area contributed by atoms with E-state index >= 15 is 0 Å². The van der Waals surface area contributed by atoms with Crippen LogP contribution in [0.25, 0.3) is 0 Å². The fourth-order valence-corrected chi connectivity index (χ4v) is 1.20. The summed E-state index contributed by atoms with van der Waals surface area (Å²) in [4.78, 5) is 15.1. The van der Waals surface area contributed by atoms with Crippen molar-refractivity contribution in [3.8, 4) is 0 Å². The molecule has 1 rings (SSSR count). The maximum absolute atomic E-state index is 10.9. The molecular formula is C10H18N4O2. The predicted octanol–water partition coefficient (Wildman–Crippen LogP) is 0.256. The minimum absolute atomic E-state index is 0.374. The first-order valence-electron chi connectivity index (χ1n) is 5.31. The van der Waals surface area contributed by atoms with Gasteiger partial charge in [0.05, 0.1) is 13.2 Å². The smallest absolute Gasteiger partial charge is 0.407 e. The number of hydrogen-bond donors (Lipinski definition) is 2. The largest absolute Gasteiger partial charge is 0.450 e. The van der Waals surface area contributed by atoms with E-state index in [0.717, 1.165) is 5.82 Å². The number of ether oxygens (including phenoxy) is 1. The minimum Gasteiger partial charge on any atom is -0.450 e. The van der Waals surface area contributed by atoms with Gasteiger partial charge in [-0.25, -0.2) is 9.78 Å². The fourth-order valence-electron chi connectivity index (χ4n) is 1.20. The van der Waals surface area contributed by atoms with Crippen molar-refractivity contribution in [3.63, 3.8) is 0 Å². The third-order valence-corrected chi connectivity index (χ3v) is 2.05. The number of aryl methyl sites for hydroxylation is 1. The molecule has 1 amide bonds. The molecule has 0 aliphatic heterocycles. The lowest BCUT2D eigenvalue weighted by Crippen LogP contribution is -2.32. The summed E-state index contributed by atoms with van der Waals surface area (Å²) in [5.41, 5.74) is 0. The molecule has 0 spiro atoms. The summed E-state index contributed by atoms with van der Waals surface area (Å²) in [5.74, 6) is 0.969. The van der Waals surface area contributed by atoms with Gasteiger partial charge >= 0.3 is 6.09 Å². The van der Waals surface area contributed by atoms with E-state index in [4.69, 9.17) is 4.74 Å². The molecule has 2 N–H and O–H groups in total. The van der Waals surface area contributed by atoms with Crippen LogP contribution in [0.15, 0.2) is 12.4 Å². The van der Waals surface area contributed by atoms with Crippen molar-refractivity contribution >= 4 is 6.09 Å². The van der Waals surface area contributed by atoms with Crippen molar-refractivity contribution in [2.24, 2.45) is 7.05 Å². The van der Waals surface area contributed by atoms with E-state index in [2.05, 4.69) is 15.6 Å². The van der Waals surface area contributed by atoms with E-state index in [1.54, 1.807) is 13.1 Å². The summed E-state index contributed by atoms with van der Waals surface area (Å²) in [5, 5.41) is 5.80. The van der Waals surface area contributed by atoms with Gasteiger partial charge in [0.15, 0.2) is 0 Å². The molecule has 0 fully saturated rings. The molecule has 6 nitrogen and oxygen atoms in total. The molecule has 0 atom stereocenters. The highest BCUT2D eigenvalue weighted by Crippen LogP contribution is 1.91. The minimum atomic E-state index is -0.374. The van der Waals surface area contributed by atoms with E-state index < -0.39 is 0 Å². The van der Waals surface area contributed by atoms with Gasteiger partial charge in [0, 0.05) is 32.5 Å². The topological polar surface area (TPSA) is 68.2 Å². The number of rotatable bonds is 6. The summed E-state index contributed by atoms with van der Waals surface area (Å²) in [7, 11) is 1.95. The predicted molar refractivity (Wildman–Crippen MR) is 59.9 cm³/mol. The van der Waals surface area contributed by atoms with Crippen LogP contribution < -0.4 is 10.6 Å². The standard InChI is InChI=1S/C10H18N4O2/c1-3-16-10(15)13-5-4-11-8-9-12-6-7-14(9)2/h6-7,11H,3-5,8H2,1-2H3,(H,13,15). The molecule has 1 heterocycles. The maximum Gasteiger partial charge on any atom is 0.407 e.